The number of nitrogens with zero attached hydrogens (tertiary/aromatic N) is 3. The van der Waals surface area contributed by atoms with Crippen LogP contribution in [0.1, 0.15) is 36.5 Å². The van der Waals surface area contributed by atoms with Crippen LogP contribution in [0.5, 0.6) is 0 Å². The van der Waals surface area contributed by atoms with E-state index in [2.05, 4.69) is 11.8 Å². The SMILES string of the molecule is CCN1CCN(C(=O)CC2CCN(C(=O)c3cccc(N)c3)CC2)CC1.Cl.Cl. The first kappa shape index (κ1) is 24.5. The molecule has 0 aliphatic carbocycles. The Morgan fingerprint density at radius 1 is 1.00 bits per heavy atom. The maximum absolute atomic E-state index is 12.6. The molecule has 0 saturated carbocycles. The molecule has 1 aromatic rings. The highest BCUT2D eigenvalue weighted by molar-refractivity contribution is 5.95. The first-order valence-corrected chi connectivity index (χ1v) is 9.71. The van der Waals surface area contributed by atoms with Gasteiger partial charge in [0.05, 0.1) is 0 Å². The first-order chi connectivity index (χ1) is 12.6. The Morgan fingerprint density at radius 2 is 1.64 bits per heavy atom. The van der Waals surface area contributed by atoms with Gasteiger partial charge in [0.1, 0.15) is 0 Å². The van der Waals surface area contributed by atoms with Gasteiger partial charge < -0.3 is 20.4 Å². The molecule has 0 bridgehead atoms. The number of nitrogen functional groups attached to an aromatic ring is 1. The Kier molecular flexibility index (Phi) is 10.1. The second-order valence-corrected chi connectivity index (χ2v) is 7.38. The minimum atomic E-state index is 0. The van der Waals surface area contributed by atoms with Crippen molar-refractivity contribution < 1.29 is 9.59 Å². The van der Waals surface area contributed by atoms with Crippen LogP contribution in [0.25, 0.3) is 0 Å². The minimum absolute atomic E-state index is 0. The van der Waals surface area contributed by atoms with E-state index in [4.69, 9.17) is 5.73 Å². The predicted molar refractivity (Wildman–Crippen MR) is 117 cm³/mol. The highest BCUT2D eigenvalue weighted by atomic mass is 35.5. The summed E-state index contributed by atoms with van der Waals surface area (Å²) in [6.07, 6.45) is 2.41. The average Bonchev–Trinajstić information content (AvgIpc) is 2.68. The summed E-state index contributed by atoms with van der Waals surface area (Å²) < 4.78 is 0. The Hall–Kier alpha value is -1.50. The zero-order valence-electron chi connectivity index (χ0n) is 16.5. The summed E-state index contributed by atoms with van der Waals surface area (Å²) in [5.41, 5.74) is 7.03. The minimum Gasteiger partial charge on any atom is -0.399 e. The van der Waals surface area contributed by atoms with Crippen molar-refractivity contribution >= 4 is 42.3 Å². The van der Waals surface area contributed by atoms with Crippen molar-refractivity contribution in [2.45, 2.75) is 26.2 Å². The molecule has 0 aromatic heterocycles. The molecule has 6 nitrogen and oxygen atoms in total. The molecular formula is C20H32Cl2N4O2. The van der Waals surface area contributed by atoms with E-state index >= 15 is 0 Å². The molecular weight excluding hydrogens is 399 g/mol. The smallest absolute Gasteiger partial charge is 0.253 e. The van der Waals surface area contributed by atoms with Gasteiger partial charge in [-0.3, -0.25) is 9.59 Å². The van der Waals surface area contributed by atoms with Crippen LogP contribution in [0.3, 0.4) is 0 Å². The van der Waals surface area contributed by atoms with Crippen molar-refractivity contribution in [2.75, 3.05) is 51.5 Å². The van der Waals surface area contributed by atoms with Crippen LogP contribution in [0, 0.1) is 5.92 Å². The number of halogens is 2. The van der Waals surface area contributed by atoms with Crippen molar-refractivity contribution in [3.63, 3.8) is 0 Å². The van der Waals surface area contributed by atoms with Crippen LogP contribution in [0.4, 0.5) is 5.69 Å². The fourth-order valence-electron chi connectivity index (χ4n) is 3.88. The summed E-state index contributed by atoms with van der Waals surface area (Å²) in [7, 11) is 0. The largest absolute Gasteiger partial charge is 0.399 e. The fourth-order valence-corrected chi connectivity index (χ4v) is 3.88. The molecule has 0 atom stereocenters. The summed E-state index contributed by atoms with van der Waals surface area (Å²) in [6, 6.07) is 7.14. The maximum Gasteiger partial charge on any atom is 0.253 e. The van der Waals surface area contributed by atoms with Crippen LogP contribution in [0.15, 0.2) is 24.3 Å². The number of carbonyl (C=O) groups excluding carboxylic acids is 2. The molecule has 1 aromatic carbocycles. The molecule has 0 unspecified atom stereocenters. The lowest BCUT2D eigenvalue weighted by atomic mass is 9.92. The number of carbonyl (C=O) groups is 2. The topological polar surface area (TPSA) is 69.9 Å². The Bertz CT molecular complexity index is 643. The molecule has 158 valence electrons. The number of hydrogen-bond donors (Lipinski definition) is 1. The second-order valence-electron chi connectivity index (χ2n) is 7.38. The third-order valence-corrected chi connectivity index (χ3v) is 5.67. The van der Waals surface area contributed by atoms with Gasteiger partial charge >= 0.3 is 0 Å². The first-order valence-electron chi connectivity index (χ1n) is 9.71. The van der Waals surface area contributed by atoms with Crippen LogP contribution in [-0.4, -0.2) is 72.3 Å². The lowest BCUT2D eigenvalue weighted by Crippen LogP contribution is -2.49. The quantitative estimate of drug-likeness (QED) is 0.744. The van der Waals surface area contributed by atoms with Gasteiger partial charge in [-0.15, -0.1) is 24.8 Å². The number of likely N-dealkylation sites (N-methyl/N-ethyl adjacent to an activating group) is 1. The third-order valence-electron chi connectivity index (χ3n) is 5.67. The number of hydrogen-bond acceptors (Lipinski definition) is 4. The van der Waals surface area contributed by atoms with E-state index < -0.39 is 0 Å². The number of anilines is 1. The van der Waals surface area contributed by atoms with Crippen molar-refractivity contribution in [1.29, 1.82) is 0 Å². The molecule has 28 heavy (non-hydrogen) atoms. The van der Waals surface area contributed by atoms with Gasteiger partial charge in [-0.1, -0.05) is 13.0 Å². The number of piperazine rings is 1. The number of amides is 2. The van der Waals surface area contributed by atoms with Crippen LogP contribution in [0.2, 0.25) is 0 Å². The summed E-state index contributed by atoms with van der Waals surface area (Å²) in [4.78, 5) is 31.4. The molecule has 0 spiro atoms. The zero-order valence-corrected chi connectivity index (χ0v) is 18.1. The van der Waals surface area contributed by atoms with E-state index in [1.54, 1.807) is 12.1 Å². The van der Waals surface area contributed by atoms with Gasteiger partial charge in [-0.25, -0.2) is 0 Å². The van der Waals surface area contributed by atoms with Crippen LogP contribution in [-0.2, 0) is 4.79 Å². The molecule has 2 amide bonds. The predicted octanol–water partition coefficient (Wildman–Crippen LogP) is 2.52. The number of benzene rings is 1. The second kappa shape index (κ2) is 11.5. The Balaban J connectivity index is 0.00000196. The zero-order chi connectivity index (χ0) is 18.5. The molecule has 2 saturated heterocycles. The fraction of sp³-hybridized carbons (Fsp3) is 0.600. The van der Waals surface area contributed by atoms with Gasteiger partial charge in [0.2, 0.25) is 5.91 Å². The highest BCUT2D eigenvalue weighted by Gasteiger charge is 2.27. The van der Waals surface area contributed by atoms with E-state index in [0.717, 1.165) is 58.7 Å². The summed E-state index contributed by atoms with van der Waals surface area (Å²) in [5, 5.41) is 0. The van der Waals surface area contributed by atoms with Crippen molar-refractivity contribution in [3.8, 4) is 0 Å². The summed E-state index contributed by atoms with van der Waals surface area (Å²) in [5.74, 6) is 0.704. The van der Waals surface area contributed by atoms with Crippen LogP contribution < -0.4 is 5.73 Å². The van der Waals surface area contributed by atoms with E-state index in [1.807, 2.05) is 21.9 Å². The van der Waals surface area contributed by atoms with E-state index in [-0.39, 0.29) is 36.6 Å². The number of piperidine rings is 1. The number of nitrogens with two attached hydrogens (primary N) is 1. The normalized spacial score (nSPS) is 18.2. The molecule has 8 heteroatoms. The lowest BCUT2D eigenvalue weighted by molar-refractivity contribution is -0.134. The Labute approximate surface area is 180 Å². The molecule has 2 heterocycles. The van der Waals surface area contributed by atoms with E-state index in [9.17, 15) is 9.59 Å². The average molecular weight is 431 g/mol. The van der Waals surface area contributed by atoms with Gasteiger partial charge in [0.25, 0.3) is 5.91 Å². The molecule has 2 aliphatic rings. The molecule has 2 aliphatic heterocycles. The van der Waals surface area contributed by atoms with Gasteiger partial charge in [-0.2, -0.15) is 0 Å². The molecule has 2 fully saturated rings. The van der Waals surface area contributed by atoms with Gasteiger partial charge in [-0.05, 0) is 43.5 Å². The van der Waals surface area contributed by atoms with Crippen molar-refractivity contribution in [3.05, 3.63) is 29.8 Å². The lowest BCUT2D eigenvalue weighted by Gasteiger charge is -2.36. The number of rotatable bonds is 4. The van der Waals surface area contributed by atoms with E-state index in [0.29, 0.717) is 23.6 Å². The van der Waals surface area contributed by atoms with Crippen molar-refractivity contribution in [1.82, 2.24) is 14.7 Å². The van der Waals surface area contributed by atoms with Gasteiger partial charge in [0.15, 0.2) is 0 Å². The summed E-state index contributed by atoms with van der Waals surface area (Å²) in [6.45, 7) is 8.31. The summed E-state index contributed by atoms with van der Waals surface area (Å²) >= 11 is 0. The molecule has 3 rings (SSSR count). The highest BCUT2D eigenvalue weighted by Crippen LogP contribution is 2.23. The van der Waals surface area contributed by atoms with Gasteiger partial charge in [0, 0.05) is 56.9 Å². The van der Waals surface area contributed by atoms with Crippen molar-refractivity contribution in [2.24, 2.45) is 5.92 Å². The van der Waals surface area contributed by atoms with E-state index in [1.165, 1.54) is 0 Å². The monoisotopic (exact) mass is 430 g/mol. The van der Waals surface area contributed by atoms with Crippen LogP contribution >= 0.6 is 24.8 Å². The Morgan fingerprint density at radius 3 is 2.21 bits per heavy atom. The standard InChI is InChI=1S/C20H30N4O2.2ClH/c1-2-22-10-12-23(13-11-22)19(25)14-16-6-8-24(9-7-16)20(26)17-4-3-5-18(21)15-17;;/h3-5,15-16H,2,6-14,21H2,1H3;2*1H. The molecule has 0 radical (unpaired) electrons. The molecule has 2 N–H and O–H groups in total. The number of likely N-dealkylation sites (tertiary alicyclic amines) is 1. The third kappa shape index (κ3) is 6.26. The maximum atomic E-state index is 12.6.